The van der Waals surface area contributed by atoms with E-state index in [2.05, 4.69) is 35.1 Å². The maximum atomic E-state index is 11.3. The number of primary sulfonamides is 1. The smallest absolute Gasteiger partial charge is 0.238 e. The van der Waals surface area contributed by atoms with Gasteiger partial charge in [-0.25, -0.2) is 13.6 Å². The molecular formula is C15H23BrN2O2S. The highest BCUT2D eigenvalue weighted by molar-refractivity contribution is 9.10. The molecule has 118 valence electrons. The molecule has 0 amide bonds. The van der Waals surface area contributed by atoms with E-state index < -0.39 is 10.0 Å². The van der Waals surface area contributed by atoms with Gasteiger partial charge in [0, 0.05) is 16.2 Å². The van der Waals surface area contributed by atoms with Crippen LogP contribution in [0.4, 0.5) is 5.69 Å². The van der Waals surface area contributed by atoms with Crippen LogP contribution in [0.15, 0.2) is 27.6 Å². The molecular weight excluding hydrogens is 352 g/mol. The Morgan fingerprint density at radius 1 is 1.24 bits per heavy atom. The maximum Gasteiger partial charge on any atom is 0.238 e. The molecule has 1 aromatic rings. The van der Waals surface area contributed by atoms with Gasteiger partial charge in [-0.1, -0.05) is 13.8 Å². The van der Waals surface area contributed by atoms with Gasteiger partial charge >= 0.3 is 0 Å². The Kier molecular flexibility index (Phi) is 5.33. The number of nitrogens with one attached hydrogen (secondary N) is 1. The molecule has 0 spiro atoms. The fraction of sp³-hybridized carbons (Fsp3) is 0.600. The number of rotatable bonds is 4. The highest BCUT2D eigenvalue weighted by Crippen LogP contribution is 2.33. The monoisotopic (exact) mass is 374 g/mol. The van der Waals surface area contributed by atoms with Gasteiger partial charge in [-0.05, 0) is 71.6 Å². The molecule has 2 rings (SSSR count). The van der Waals surface area contributed by atoms with E-state index in [9.17, 15) is 8.42 Å². The predicted molar refractivity (Wildman–Crippen MR) is 89.7 cm³/mol. The van der Waals surface area contributed by atoms with Crippen molar-refractivity contribution in [1.29, 1.82) is 0 Å². The highest BCUT2D eigenvalue weighted by Gasteiger charge is 2.23. The van der Waals surface area contributed by atoms with Crippen molar-refractivity contribution in [3.63, 3.8) is 0 Å². The summed E-state index contributed by atoms with van der Waals surface area (Å²) in [5.41, 5.74) is 0.926. The van der Waals surface area contributed by atoms with Crippen molar-refractivity contribution in [3.05, 3.63) is 22.7 Å². The van der Waals surface area contributed by atoms with Crippen molar-refractivity contribution in [2.75, 3.05) is 5.32 Å². The molecule has 0 radical (unpaired) electrons. The Balaban J connectivity index is 2.01. The first-order valence-corrected chi connectivity index (χ1v) is 9.70. The lowest BCUT2D eigenvalue weighted by atomic mass is 9.79. The Labute approximate surface area is 135 Å². The summed E-state index contributed by atoms with van der Waals surface area (Å²) in [6.07, 6.45) is 4.82. The van der Waals surface area contributed by atoms with Crippen LogP contribution in [0.1, 0.15) is 39.5 Å². The lowest BCUT2D eigenvalue weighted by molar-refractivity contribution is 0.267. The van der Waals surface area contributed by atoms with E-state index in [0.29, 0.717) is 6.04 Å². The van der Waals surface area contributed by atoms with Crippen LogP contribution in [0.3, 0.4) is 0 Å². The Morgan fingerprint density at radius 3 is 2.33 bits per heavy atom. The Hall–Kier alpha value is -0.590. The third-order valence-electron chi connectivity index (χ3n) is 4.34. The fourth-order valence-corrected chi connectivity index (χ4v) is 4.12. The second kappa shape index (κ2) is 6.67. The van der Waals surface area contributed by atoms with E-state index >= 15 is 0 Å². The summed E-state index contributed by atoms with van der Waals surface area (Å²) in [4.78, 5) is 0.128. The number of nitrogens with two attached hydrogens (primary N) is 1. The molecule has 1 aromatic carbocycles. The van der Waals surface area contributed by atoms with Crippen LogP contribution in [-0.4, -0.2) is 14.5 Å². The van der Waals surface area contributed by atoms with Crippen LogP contribution < -0.4 is 10.5 Å². The zero-order chi connectivity index (χ0) is 15.6. The van der Waals surface area contributed by atoms with Crippen molar-refractivity contribution in [1.82, 2.24) is 0 Å². The Bertz CT molecular complexity index is 594. The lowest BCUT2D eigenvalue weighted by Gasteiger charge is -2.32. The van der Waals surface area contributed by atoms with Crippen molar-refractivity contribution in [2.45, 2.75) is 50.5 Å². The van der Waals surface area contributed by atoms with Gasteiger partial charge in [0.15, 0.2) is 0 Å². The molecule has 4 nitrogen and oxygen atoms in total. The van der Waals surface area contributed by atoms with Crippen LogP contribution in [0, 0.1) is 11.8 Å². The topological polar surface area (TPSA) is 72.2 Å². The van der Waals surface area contributed by atoms with Gasteiger partial charge in [0.1, 0.15) is 0 Å². The molecule has 21 heavy (non-hydrogen) atoms. The molecule has 0 saturated heterocycles. The molecule has 0 bridgehead atoms. The van der Waals surface area contributed by atoms with Crippen molar-refractivity contribution < 1.29 is 8.42 Å². The van der Waals surface area contributed by atoms with E-state index in [-0.39, 0.29) is 4.90 Å². The molecule has 1 fully saturated rings. The fourth-order valence-electron chi connectivity index (χ4n) is 2.94. The third kappa shape index (κ3) is 4.44. The quantitative estimate of drug-likeness (QED) is 0.843. The summed E-state index contributed by atoms with van der Waals surface area (Å²) in [5, 5.41) is 8.64. The molecule has 0 atom stereocenters. The van der Waals surface area contributed by atoms with Gasteiger partial charge < -0.3 is 5.32 Å². The van der Waals surface area contributed by atoms with E-state index in [1.165, 1.54) is 12.8 Å². The molecule has 0 aromatic heterocycles. The van der Waals surface area contributed by atoms with Gasteiger partial charge in [0.25, 0.3) is 0 Å². The minimum atomic E-state index is -3.65. The van der Waals surface area contributed by atoms with Gasteiger partial charge in [-0.15, -0.1) is 0 Å². The minimum absolute atomic E-state index is 0.128. The number of hydrogen-bond donors (Lipinski definition) is 2. The summed E-state index contributed by atoms with van der Waals surface area (Å²) in [7, 11) is -3.65. The molecule has 0 aliphatic heterocycles. The normalized spacial score (nSPS) is 23.3. The van der Waals surface area contributed by atoms with E-state index in [0.717, 1.165) is 34.8 Å². The summed E-state index contributed by atoms with van der Waals surface area (Å²) >= 11 is 3.42. The first-order valence-electron chi connectivity index (χ1n) is 7.36. The van der Waals surface area contributed by atoms with E-state index in [1.807, 2.05) is 0 Å². The standard InChI is InChI=1S/C15H23BrN2O2S/c1-10(2)11-3-5-12(6-4-11)18-15-8-7-13(9-14(15)16)21(17,19)20/h7-12,18H,3-6H2,1-2H3,(H2,17,19,20). The van der Waals surface area contributed by atoms with E-state index in [1.54, 1.807) is 18.2 Å². The lowest BCUT2D eigenvalue weighted by Crippen LogP contribution is -2.28. The molecule has 3 N–H and O–H groups in total. The van der Waals surface area contributed by atoms with Crippen LogP contribution in [0.5, 0.6) is 0 Å². The summed E-state index contributed by atoms with van der Waals surface area (Å²) < 4.78 is 23.4. The average molecular weight is 375 g/mol. The van der Waals surface area contributed by atoms with Crippen molar-refractivity contribution in [2.24, 2.45) is 17.0 Å². The first kappa shape index (κ1) is 16.8. The molecule has 0 heterocycles. The van der Waals surface area contributed by atoms with Crippen molar-refractivity contribution in [3.8, 4) is 0 Å². The number of halogens is 1. The van der Waals surface area contributed by atoms with E-state index in [4.69, 9.17) is 5.14 Å². The second-order valence-corrected chi connectivity index (χ2v) is 8.60. The second-order valence-electron chi connectivity index (χ2n) is 6.19. The zero-order valence-corrected chi connectivity index (χ0v) is 14.9. The molecule has 1 saturated carbocycles. The highest BCUT2D eigenvalue weighted by atomic mass is 79.9. The SMILES string of the molecule is CC(C)C1CCC(Nc2ccc(S(N)(=O)=O)cc2Br)CC1. The molecule has 6 heteroatoms. The number of anilines is 1. The van der Waals surface area contributed by atoms with Gasteiger partial charge in [-0.2, -0.15) is 0 Å². The van der Waals surface area contributed by atoms with Crippen molar-refractivity contribution >= 4 is 31.6 Å². The summed E-state index contributed by atoms with van der Waals surface area (Å²) in [5.74, 6) is 1.59. The Morgan fingerprint density at radius 2 is 1.86 bits per heavy atom. The molecule has 0 unspecified atom stereocenters. The van der Waals surface area contributed by atoms with Gasteiger partial charge in [-0.3, -0.25) is 0 Å². The molecule has 1 aliphatic carbocycles. The van der Waals surface area contributed by atoms with Crippen LogP contribution in [0.2, 0.25) is 0 Å². The summed E-state index contributed by atoms with van der Waals surface area (Å²) in [6, 6.07) is 5.33. The largest absolute Gasteiger partial charge is 0.381 e. The zero-order valence-electron chi connectivity index (χ0n) is 12.5. The third-order valence-corrected chi connectivity index (χ3v) is 5.91. The number of benzene rings is 1. The average Bonchev–Trinajstić information content (AvgIpc) is 2.40. The maximum absolute atomic E-state index is 11.3. The minimum Gasteiger partial charge on any atom is -0.381 e. The van der Waals surface area contributed by atoms with Gasteiger partial charge in [0.2, 0.25) is 10.0 Å². The van der Waals surface area contributed by atoms with Crippen LogP contribution in [0.25, 0.3) is 0 Å². The first-order chi connectivity index (χ1) is 9.77. The summed E-state index contributed by atoms with van der Waals surface area (Å²) in [6.45, 7) is 4.59. The van der Waals surface area contributed by atoms with Crippen LogP contribution in [-0.2, 0) is 10.0 Å². The number of sulfonamides is 1. The number of hydrogen-bond acceptors (Lipinski definition) is 3. The molecule has 1 aliphatic rings. The van der Waals surface area contributed by atoms with Crippen LogP contribution >= 0.6 is 15.9 Å². The predicted octanol–water partition coefficient (Wildman–Crippen LogP) is 3.72. The van der Waals surface area contributed by atoms with Gasteiger partial charge in [0.05, 0.1) is 4.90 Å².